The molecule has 0 fully saturated rings. The highest BCUT2D eigenvalue weighted by molar-refractivity contribution is 7.15. The smallest absolute Gasteiger partial charge is 0.257 e. The summed E-state index contributed by atoms with van der Waals surface area (Å²) in [7, 11) is 0. The summed E-state index contributed by atoms with van der Waals surface area (Å²) in [6.45, 7) is 4.52. The second kappa shape index (κ2) is 9.20. The first kappa shape index (κ1) is 19.0. The quantitative estimate of drug-likeness (QED) is 0.618. The van der Waals surface area contributed by atoms with E-state index in [-0.39, 0.29) is 5.91 Å². The molecule has 1 heterocycles. The lowest BCUT2D eigenvalue weighted by atomic mass is 10.2. The van der Waals surface area contributed by atoms with E-state index >= 15 is 0 Å². The van der Waals surface area contributed by atoms with Crippen LogP contribution in [0.5, 0.6) is 5.75 Å². The average Bonchev–Trinajstić information content (AvgIpc) is 2.94. The summed E-state index contributed by atoms with van der Waals surface area (Å²) in [5.41, 5.74) is 0.344. The Kier molecular flexibility index (Phi) is 7.27. The Labute approximate surface area is 155 Å². The third-order valence-corrected chi connectivity index (χ3v) is 4.57. The second-order valence-electron chi connectivity index (χ2n) is 5.26. The SMILES string of the molecule is CCCCCCOc1c(Cl)cc(C(=O)Nc2nnc(C)s2)cc1Cl. The Morgan fingerprint density at radius 1 is 1.21 bits per heavy atom. The molecule has 2 aromatic rings. The van der Waals surface area contributed by atoms with Crippen molar-refractivity contribution in [3.63, 3.8) is 0 Å². The van der Waals surface area contributed by atoms with Crippen LogP contribution in [0.4, 0.5) is 5.13 Å². The van der Waals surface area contributed by atoms with Crippen molar-refractivity contribution in [2.75, 3.05) is 11.9 Å². The minimum absolute atomic E-state index is 0.316. The van der Waals surface area contributed by atoms with Gasteiger partial charge in [0.25, 0.3) is 5.91 Å². The summed E-state index contributed by atoms with van der Waals surface area (Å²) in [5, 5.41) is 12.2. The summed E-state index contributed by atoms with van der Waals surface area (Å²) in [4.78, 5) is 12.2. The van der Waals surface area contributed by atoms with Gasteiger partial charge in [-0.2, -0.15) is 0 Å². The number of anilines is 1. The summed E-state index contributed by atoms with van der Waals surface area (Å²) >= 11 is 13.7. The lowest BCUT2D eigenvalue weighted by Gasteiger charge is -2.11. The second-order valence-corrected chi connectivity index (χ2v) is 7.25. The van der Waals surface area contributed by atoms with Gasteiger partial charge in [0, 0.05) is 5.56 Å². The number of benzene rings is 1. The Bertz CT molecular complexity index is 683. The Hall–Kier alpha value is -1.37. The molecule has 0 saturated heterocycles. The molecule has 24 heavy (non-hydrogen) atoms. The molecule has 0 aliphatic carbocycles. The van der Waals surface area contributed by atoms with Crippen molar-refractivity contribution in [2.45, 2.75) is 39.5 Å². The minimum Gasteiger partial charge on any atom is -0.490 e. The maximum Gasteiger partial charge on any atom is 0.257 e. The number of aromatic nitrogens is 2. The Morgan fingerprint density at radius 3 is 2.50 bits per heavy atom. The maximum absolute atomic E-state index is 12.2. The highest BCUT2D eigenvalue weighted by Crippen LogP contribution is 2.34. The lowest BCUT2D eigenvalue weighted by Crippen LogP contribution is -2.12. The third-order valence-electron chi connectivity index (χ3n) is 3.25. The van der Waals surface area contributed by atoms with Crippen LogP contribution in [0.15, 0.2) is 12.1 Å². The molecule has 0 radical (unpaired) electrons. The molecule has 0 unspecified atom stereocenters. The number of nitrogens with one attached hydrogen (secondary N) is 1. The molecule has 8 heteroatoms. The van der Waals surface area contributed by atoms with Crippen molar-refractivity contribution in [2.24, 2.45) is 0 Å². The van der Waals surface area contributed by atoms with Gasteiger partial charge in [0.15, 0.2) is 5.75 Å². The zero-order valence-corrected chi connectivity index (χ0v) is 15.9. The monoisotopic (exact) mass is 387 g/mol. The number of nitrogens with zero attached hydrogens (tertiary/aromatic N) is 2. The van der Waals surface area contributed by atoms with Crippen molar-refractivity contribution >= 4 is 45.6 Å². The van der Waals surface area contributed by atoms with Crippen LogP contribution in [0.25, 0.3) is 0 Å². The number of aryl methyl sites for hydroxylation is 1. The molecule has 0 atom stereocenters. The van der Waals surface area contributed by atoms with Crippen molar-refractivity contribution < 1.29 is 9.53 Å². The van der Waals surface area contributed by atoms with Crippen LogP contribution in [0.3, 0.4) is 0 Å². The van der Waals surface area contributed by atoms with Crippen LogP contribution in [-0.4, -0.2) is 22.7 Å². The molecule has 0 bridgehead atoms. The fourth-order valence-corrected chi connectivity index (χ4v) is 3.23. The number of amides is 1. The zero-order chi connectivity index (χ0) is 17.5. The van der Waals surface area contributed by atoms with Gasteiger partial charge in [0.1, 0.15) is 5.01 Å². The summed E-state index contributed by atoms with van der Waals surface area (Å²) in [5.74, 6) is 0.0718. The minimum atomic E-state index is -0.343. The fraction of sp³-hybridized carbons (Fsp3) is 0.438. The first-order valence-corrected chi connectivity index (χ1v) is 9.31. The molecule has 1 amide bonds. The van der Waals surface area contributed by atoms with Gasteiger partial charge in [-0.25, -0.2) is 0 Å². The Morgan fingerprint density at radius 2 is 1.92 bits per heavy atom. The summed E-state index contributed by atoms with van der Waals surface area (Å²) in [6, 6.07) is 3.08. The molecule has 0 spiro atoms. The molecule has 0 aliphatic heterocycles. The largest absolute Gasteiger partial charge is 0.490 e. The molecular formula is C16H19Cl2N3O2S. The van der Waals surface area contributed by atoms with Crippen LogP contribution in [0.1, 0.15) is 48.0 Å². The van der Waals surface area contributed by atoms with E-state index in [0.717, 1.165) is 17.8 Å². The van der Waals surface area contributed by atoms with Crippen LogP contribution in [-0.2, 0) is 0 Å². The molecule has 130 valence electrons. The number of hydrogen-bond donors (Lipinski definition) is 1. The average molecular weight is 388 g/mol. The third kappa shape index (κ3) is 5.33. The number of ether oxygens (including phenoxy) is 1. The number of halogens is 2. The van der Waals surface area contributed by atoms with Gasteiger partial charge in [-0.15, -0.1) is 10.2 Å². The number of rotatable bonds is 8. The van der Waals surface area contributed by atoms with E-state index < -0.39 is 0 Å². The van der Waals surface area contributed by atoms with Crippen LogP contribution in [0.2, 0.25) is 10.0 Å². The van der Waals surface area contributed by atoms with Gasteiger partial charge in [-0.1, -0.05) is 60.7 Å². The van der Waals surface area contributed by atoms with Gasteiger partial charge >= 0.3 is 0 Å². The van der Waals surface area contributed by atoms with Gasteiger partial charge < -0.3 is 4.74 Å². The predicted molar refractivity (Wildman–Crippen MR) is 98.7 cm³/mol. The van der Waals surface area contributed by atoms with Crippen LogP contribution in [0, 0.1) is 6.92 Å². The van der Waals surface area contributed by atoms with Gasteiger partial charge in [-0.05, 0) is 25.5 Å². The molecule has 1 aromatic carbocycles. The van der Waals surface area contributed by atoms with E-state index in [9.17, 15) is 4.79 Å². The topological polar surface area (TPSA) is 64.1 Å². The summed E-state index contributed by atoms with van der Waals surface area (Å²) in [6.07, 6.45) is 4.39. The number of unbranched alkanes of at least 4 members (excludes halogenated alkanes) is 3. The van der Waals surface area contributed by atoms with Gasteiger partial charge in [-0.3, -0.25) is 10.1 Å². The van der Waals surface area contributed by atoms with Gasteiger partial charge in [0.2, 0.25) is 5.13 Å². The van der Waals surface area contributed by atoms with Crippen molar-refractivity contribution in [3.05, 3.63) is 32.7 Å². The number of carbonyl (C=O) groups excluding carboxylic acids is 1. The van der Waals surface area contributed by atoms with Crippen molar-refractivity contribution in [3.8, 4) is 5.75 Å². The highest BCUT2D eigenvalue weighted by Gasteiger charge is 2.15. The van der Waals surface area contributed by atoms with E-state index in [4.69, 9.17) is 27.9 Å². The molecule has 2 rings (SSSR count). The maximum atomic E-state index is 12.2. The van der Waals surface area contributed by atoms with Crippen molar-refractivity contribution in [1.82, 2.24) is 10.2 Å². The van der Waals surface area contributed by atoms with Gasteiger partial charge in [0.05, 0.1) is 16.7 Å². The molecule has 1 aromatic heterocycles. The highest BCUT2D eigenvalue weighted by atomic mass is 35.5. The molecule has 1 N–H and O–H groups in total. The first-order valence-electron chi connectivity index (χ1n) is 7.74. The van der Waals surface area contributed by atoms with E-state index in [1.165, 1.54) is 36.3 Å². The van der Waals surface area contributed by atoms with E-state index in [1.807, 2.05) is 6.92 Å². The number of hydrogen-bond acceptors (Lipinski definition) is 5. The van der Waals surface area contributed by atoms with E-state index in [0.29, 0.717) is 33.1 Å². The van der Waals surface area contributed by atoms with E-state index in [1.54, 1.807) is 0 Å². The normalized spacial score (nSPS) is 10.7. The van der Waals surface area contributed by atoms with Crippen LogP contribution < -0.4 is 10.1 Å². The lowest BCUT2D eigenvalue weighted by molar-refractivity contribution is 0.102. The van der Waals surface area contributed by atoms with Crippen LogP contribution >= 0.6 is 34.5 Å². The summed E-state index contributed by atoms with van der Waals surface area (Å²) < 4.78 is 5.65. The fourth-order valence-electron chi connectivity index (χ4n) is 2.05. The number of carbonyl (C=O) groups is 1. The van der Waals surface area contributed by atoms with E-state index in [2.05, 4.69) is 22.4 Å². The molecule has 5 nitrogen and oxygen atoms in total. The van der Waals surface area contributed by atoms with Crippen molar-refractivity contribution in [1.29, 1.82) is 0 Å². The Balaban J connectivity index is 2.01. The molecular weight excluding hydrogens is 369 g/mol. The molecule has 0 aliphatic rings. The molecule has 0 saturated carbocycles. The standard InChI is InChI=1S/C16H19Cl2N3O2S/c1-3-4-5-6-7-23-14-12(17)8-11(9-13(14)18)15(22)19-16-21-20-10(2)24-16/h8-9H,3-7H2,1-2H3,(H,19,21,22). The predicted octanol–water partition coefficient (Wildman–Crippen LogP) is 5.36. The first-order chi connectivity index (χ1) is 11.5. The zero-order valence-electron chi connectivity index (χ0n) is 13.6.